The molecule has 3 nitrogen and oxygen atoms in total. The zero-order valence-corrected chi connectivity index (χ0v) is 10.8. The van der Waals surface area contributed by atoms with Crippen molar-refractivity contribution < 1.29 is 14.3 Å². The highest BCUT2D eigenvalue weighted by Gasteiger charge is 2.57. The molecule has 1 aromatic rings. The number of rotatable bonds is 0. The topological polar surface area (TPSA) is 43.4 Å². The van der Waals surface area contributed by atoms with E-state index in [1.807, 2.05) is 0 Å². The lowest BCUT2D eigenvalue weighted by Crippen LogP contribution is -2.38. The standard InChI is InChI=1S/C16H14O3/c1-7-3-4-8(2)12-10-6-5-9(11(7)12)13-14(10)16(18)19-15(13)17/h3-6,9-10,13-14H,1-2H3/t9-,10-,13+,14+/m1/s1. The van der Waals surface area contributed by atoms with Gasteiger partial charge < -0.3 is 4.74 Å². The van der Waals surface area contributed by atoms with Gasteiger partial charge in [-0.25, -0.2) is 0 Å². The van der Waals surface area contributed by atoms with E-state index in [2.05, 4.69) is 38.1 Å². The van der Waals surface area contributed by atoms with Crippen molar-refractivity contribution in [1.29, 1.82) is 0 Å². The highest BCUT2D eigenvalue weighted by atomic mass is 16.6. The number of aryl methyl sites for hydroxylation is 2. The van der Waals surface area contributed by atoms with E-state index in [4.69, 9.17) is 4.74 Å². The highest BCUT2D eigenvalue weighted by molar-refractivity contribution is 5.99. The molecule has 0 radical (unpaired) electrons. The number of benzene rings is 1. The van der Waals surface area contributed by atoms with Gasteiger partial charge in [0.05, 0.1) is 11.8 Å². The van der Waals surface area contributed by atoms with Crippen LogP contribution in [0.1, 0.15) is 34.1 Å². The lowest BCUT2D eigenvalue weighted by atomic mass is 9.59. The van der Waals surface area contributed by atoms with E-state index in [0.717, 1.165) is 0 Å². The molecule has 96 valence electrons. The van der Waals surface area contributed by atoms with E-state index in [-0.39, 0.29) is 35.6 Å². The molecule has 0 saturated carbocycles. The fourth-order valence-corrected chi connectivity index (χ4v) is 4.04. The quantitative estimate of drug-likeness (QED) is 0.405. The Labute approximate surface area is 111 Å². The predicted octanol–water partition coefficient (Wildman–Crippen LogP) is 2.37. The second kappa shape index (κ2) is 3.35. The number of hydrogen-bond donors (Lipinski definition) is 0. The summed E-state index contributed by atoms with van der Waals surface area (Å²) in [6.07, 6.45) is 4.17. The second-order valence-electron chi connectivity index (χ2n) is 5.75. The molecule has 1 heterocycles. The average Bonchev–Trinajstić information content (AvgIpc) is 2.72. The fraction of sp³-hybridized carbons (Fsp3) is 0.375. The maximum atomic E-state index is 11.9. The van der Waals surface area contributed by atoms with Gasteiger partial charge in [-0.1, -0.05) is 24.3 Å². The van der Waals surface area contributed by atoms with E-state index in [1.54, 1.807) is 0 Å². The van der Waals surface area contributed by atoms with Crippen LogP contribution >= 0.6 is 0 Å². The summed E-state index contributed by atoms with van der Waals surface area (Å²) in [7, 11) is 0. The summed E-state index contributed by atoms with van der Waals surface area (Å²) in [6.45, 7) is 4.15. The summed E-state index contributed by atoms with van der Waals surface area (Å²) in [5, 5.41) is 0. The Hall–Kier alpha value is -1.90. The minimum absolute atomic E-state index is 0.00356. The van der Waals surface area contributed by atoms with Gasteiger partial charge in [-0.2, -0.15) is 0 Å². The van der Waals surface area contributed by atoms with Crippen LogP contribution in [0, 0.1) is 25.7 Å². The molecule has 0 N–H and O–H groups in total. The van der Waals surface area contributed by atoms with Gasteiger partial charge in [-0.3, -0.25) is 9.59 Å². The Bertz CT molecular complexity index is 601. The first-order valence-electron chi connectivity index (χ1n) is 6.63. The monoisotopic (exact) mass is 254 g/mol. The van der Waals surface area contributed by atoms with E-state index in [0.29, 0.717) is 0 Å². The first kappa shape index (κ1) is 11.0. The van der Waals surface area contributed by atoms with Gasteiger partial charge in [0.1, 0.15) is 0 Å². The largest absolute Gasteiger partial charge is 0.393 e. The van der Waals surface area contributed by atoms with E-state index >= 15 is 0 Å². The smallest absolute Gasteiger partial charge is 0.318 e. The SMILES string of the molecule is Cc1ccc(C)c2c1[C@H]1C=C[C@H]2[C@@H]2C(=O)OC(=O)[C@H]21. The highest BCUT2D eigenvalue weighted by Crippen LogP contribution is 2.56. The van der Waals surface area contributed by atoms with Gasteiger partial charge in [-0.15, -0.1) is 0 Å². The van der Waals surface area contributed by atoms with Crippen LogP contribution in [0.3, 0.4) is 0 Å². The normalized spacial score (nSPS) is 34.2. The lowest BCUT2D eigenvalue weighted by Gasteiger charge is -2.41. The number of esters is 2. The molecule has 1 aliphatic heterocycles. The number of ether oxygens (including phenoxy) is 1. The molecule has 0 amide bonds. The summed E-state index contributed by atoms with van der Waals surface area (Å²) >= 11 is 0. The Morgan fingerprint density at radius 1 is 0.842 bits per heavy atom. The molecule has 0 spiro atoms. The number of carbonyl (C=O) groups excluding carboxylic acids is 2. The van der Waals surface area contributed by atoms with Crippen LogP contribution in [0.4, 0.5) is 0 Å². The van der Waals surface area contributed by atoms with Crippen molar-refractivity contribution in [1.82, 2.24) is 0 Å². The van der Waals surface area contributed by atoms with Crippen LogP contribution in [0.25, 0.3) is 0 Å². The Morgan fingerprint density at radius 2 is 1.26 bits per heavy atom. The molecule has 5 rings (SSSR count). The van der Waals surface area contributed by atoms with Crippen molar-refractivity contribution in [3.63, 3.8) is 0 Å². The third-order valence-electron chi connectivity index (χ3n) is 4.82. The molecule has 2 bridgehead atoms. The van der Waals surface area contributed by atoms with Crippen molar-refractivity contribution in [3.05, 3.63) is 46.5 Å². The van der Waals surface area contributed by atoms with Gasteiger partial charge in [0.2, 0.25) is 0 Å². The first-order valence-corrected chi connectivity index (χ1v) is 6.63. The van der Waals surface area contributed by atoms with Gasteiger partial charge in [0.25, 0.3) is 0 Å². The fourth-order valence-electron chi connectivity index (χ4n) is 4.04. The lowest BCUT2D eigenvalue weighted by molar-refractivity contribution is -0.153. The Kier molecular flexibility index (Phi) is 1.93. The molecular weight excluding hydrogens is 240 g/mol. The molecule has 4 atom stereocenters. The third-order valence-corrected chi connectivity index (χ3v) is 4.82. The summed E-state index contributed by atoms with van der Waals surface area (Å²) in [4.78, 5) is 23.9. The number of cyclic esters (lactones) is 2. The van der Waals surface area contributed by atoms with Crippen molar-refractivity contribution >= 4 is 11.9 Å². The van der Waals surface area contributed by atoms with E-state index in [1.165, 1.54) is 22.3 Å². The summed E-state index contributed by atoms with van der Waals surface area (Å²) in [5.41, 5.74) is 4.87. The second-order valence-corrected chi connectivity index (χ2v) is 5.75. The molecule has 1 fully saturated rings. The summed E-state index contributed by atoms with van der Waals surface area (Å²) < 4.78 is 4.88. The third kappa shape index (κ3) is 1.18. The molecule has 4 aliphatic rings. The maximum absolute atomic E-state index is 11.9. The van der Waals surface area contributed by atoms with Crippen LogP contribution in [0.2, 0.25) is 0 Å². The molecule has 3 heteroatoms. The summed E-state index contributed by atoms with van der Waals surface area (Å²) in [6, 6.07) is 4.19. The molecule has 19 heavy (non-hydrogen) atoms. The van der Waals surface area contributed by atoms with E-state index in [9.17, 15) is 9.59 Å². The van der Waals surface area contributed by atoms with Gasteiger partial charge in [-0.05, 0) is 36.1 Å². The Balaban J connectivity index is 2.02. The zero-order chi connectivity index (χ0) is 13.3. The molecule has 0 unspecified atom stereocenters. The van der Waals surface area contributed by atoms with Crippen LogP contribution in [0.15, 0.2) is 24.3 Å². The number of allylic oxidation sites excluding steroid dienone is 2. The zero-order valence-electron chi connectivity index (χ0n) is 10.8. The van der Waals surface area contributed by atoms with Crippen LogP contribution in [-0.4, -0.2) is 11.9 Å². The number of hydrogen-bond acceptors (Lipinski definition) is 3. The van der Waals surface area contributed by atoms with Gasteiger partial charge in [0, 0.05) is 11.8 Å². The summed E-state index contributed by atoms with van der Waals surface area (Å²) in [5.74, 6) is -1.31. The van der Waals surface area contributed by atoms with Gasteiger partial charge >= 0.3 is 11.9 Å². The maximum Gasteiger partial charge on any atom is 0.318 e. The molecule has 1 saturated heterocycles. The van der Waals surface area contributed by atoms with Crippen molar-refractivity contribution in [2.75, 3.05) is 0 Å². The van der Waals surface area contributed by atoms with Crippen molar-refractivity contribution in [2.24, 2.45) is 11.8 Å². The molecule has 3 aliphatic carbocycles. The minimum atomic E-state index is -0.346. The van der Waals surface area contributed by atoms with Gasteiger partial charge in [0.15, 0.2) is 0 Å². The van der Waals surface area contributed by atoms with E-state index < -0.39 is 0 Å². The molecular formula is C16H14O3. The van der Waals surface area contributed by atoms with Crippen LogP contribution in [0.5, 0.6) is 0 Å². The predicted molar refractivity (Wildman–Crippen MR) is 68.6 cm³/mol. The van der Waals surface area contributed by atoms with Crippen molar-refractivity contribution in [3.8, 4) is 0 Å². The van der Waals surface area contributed by atoms with Crippen LogP contribution < -0.4 is 0 Å². The minimum Gasteiger partial charge on any atom is -0.393 e. The Morgan fingerprint density at radius 3 is 1.68 bits per heavy atom. The van der Waals surface area contributed by atoms with Crippen LogP contribution in [-0.2, 0) is 14.3 Å². The number of carbonyl (C=O) groups is 2. The van der Waals surface area contributed by atoms with Crippen molar-refractivity contribution in [2.45, 2.75) is 25.7 Å². The molecule has 0 aromatic heterocycles. The average molecular weight is 254 g/mol. The molecule has 1 aromatic carbocycles. The first-order chi connectivity index (χ1) is 9.09.